The van der Waals surface area contributed by atoms with Crippen LogP contribution in [0.3, 0.4) is 0 Å². The molecule has 7 heteroatoms. The quantitative estimate of drug-likeness (QED) is 0.280. The predicted octanol–water partition coefficient (Wildman–Crippen LogP) is 3.72. The van der Waals surface area contributed by atoms with Crippen LogP contribution in [0.5, 0.6) is 0 Å². The van der Waals surface area contributed by atoms with E-state index in [1.54, 1.807) is 6.33 Å². The Bertz CT molecular complexity index is 967. The van der Waals surface area contributed by atoms with E-state index in [9.17, 15) is 0 Å². The van der Waals surface area contributed by atoms with Crippen molar-refractivity contribution in [1.29, 1.82) is 0 Å². The summed E-state index contributed by atoms with van der Waals surface area (Å²) < 4.78 is 7.51. The fourth-order valence-electron chi connectivity index (χ4n) is 3.45. The Hall–Kier alpha value is -2.93. The molecule has 0 bridgehead atoms. The number of nitrogens with zero attached hydrogens (tertiary/aromatic N) is 4. The van der Waals surface area contributed by atoms with Crippen molar-refractivity contribution in [3.8, 4) is 0 Å². The van der Waals surface area contributed by atoms with Gasteiger partial charge in [-0.25, -0.2) is 0 Å². The number of aliphatic imine (C=N–C) groups is 1. The fraction of sp³-hybridized carbons (Fsp3) is 0.458. The molecule has 7 nitrogen and oxygen atoms in total. The summed E-state index contributed by atoms with van der Waals surface area (Å²) in [5.74, 6) is 1.80. The molecule has 0 amide bonds. The van der Waals surface area contributed by atoms with E-state index < -0.39 is 0 Å². The number of aromatic nitrogens is 3. The van der Waals surface area contributed by atoms with Crippen molar-refractivity contribution >= 4 is 16.7 Å². The molecule has 1 aromatic heterocycles. The van der Waals surface area contributed by atoms with Crippen LogP contribution in [0.1, 0.15) is 44.6 Å². The van der Waals surface area contributed by atoms with Gasteiger partial charge in [0.05, 0.1) is 6.04 Å². The molecule has 0 saturated heterocycles. The van der Waals surface area contributed by atoms with Crippen LogP contribution in [-0.4, -0.2) is 47.0 Å². The summed E-state index contributed by atoms with van der Waals surface area (Å²) in [6, 6.07) is 15.2. The molecule has 1 unspecified atom stereocenters. The van der Waals surface area contributed by atoms with Crippen LogP contribution in [0.4, 0.5) is 0 Å². The molecule has 0 saturated carbocycles. The van der Waals surface area contributed by atoms with Crippen molar-refractivity contribution in [2.75, 3.05) is 26.3 Å². The molecule has 166 valence electrons. The lowest BCUT2D eigenvalue weighted by molar-refractivity contribution is 0.146. The highest BCUT2D eigenvalue weighted by Crippen LogP contribution is 2.20. The summed E-state index contributed by atoms with van der Waals surface area (Å²) in [4.78, 5) is 4.76. The minimum Gasteiger partial charge on any atom is -0.382 e. The van der Waals surface area contributed by atoms with Gasteiger partial charge in [-0.1, -0.05) is 43.3 Å². The lowest BCUT2D eigenvalue weighted by atomic mass is 10.0. The van der Waals surface area contributed by atoms with Crippen LogP contribution >= 0.6 is 0 Å². The highest BCUT2D eigenvalue weighted by Gasteiger charge is 2.09. The number of rotatable bonds is 11. The SMILES string of the molecule is CCOCCCN=C(NCCn1cnnc1CC)NC(C)c1ccc2ccccc2c1. The Labute approximate surface area is 184 Å². The summed E-state index contributed by atoms with van der Waals surface area (Å²) in [6.45, 7) is 9.99. The molecular formula is C24H34N6O. The standard InChI is InChI=1S/C24H34N6O/c1-4-23-29-27-18-30(23)15-14-26-24(25-13-8-16-31-5-2)28-19(3)21-12-11-20-9-6-7-10-22(20)17-21/h6-7,9-12,17-19H,4-5,8,13-16H2,1-3H3,(H2,25,26,28). The lowest BCUT2D eigenvalue weighted by Crippen LogP contribution is -2.40. The smallest absolute Gasteiger partial charge is 0.191 e. The van der Waals surface area contributed by atoms with Crippen LogP contribution in [0.15, 0.2) is 53.8 Å². The van der Waals surface area contributed by atoms with E-state index in [-0.39, 0.29) is 6.04 Å². The zero-order chi connectivity index (χ0) is 21.9. The number of guanidine groups is 1. The van der Waals surface area contributed by atoms with Gasteiger partial charge in [-0.05, 0) is 42.7 Å². The van der Waals surface area contributed by atoms with E-state index in [1.165, 1.54) is 16.3 Å². The van der Waals surface area contributed by atoms with E-state index in [1.807, 2.05) is 6.92 Å². The maximum absolute atomic E-state index is 5.43. The van der Waals surface area contributed by atoms with Gasteiger partial charge < -0.3 is 19.9 Å². The lowest BCUT2D eigenvalue weighted by Gasteiger charge is -2.19. The first-order chi connectivity index (χ1) is 15.2. The number of hydrogen-bond acceptors (Lipinski definition) is 4. The third kappa shape index (κ3) is 6.79. The number of hydrogen-bond donors (Lipinski definition) is 2. The first kappa shape index (κ1) is 22.7. The number of aryl methyl sites for hydroxylation is 1. The third-order valence-electron chi connectivity index (χ3n) is 5.20. The Morgan fingerprint density at radius 2 is 2.00 bits per heavy atom. The molecule has 0 aliphatic heterocycles. The average molecular weight is 423 g/mol. The minimum absolute atomic E-state index is 0.129. The number of ether oxygens (including phenoxy) is 1. The molecule has 2 N–H and O–H groups in total. The Balaban J connectivity index is 1.63. The molecule has 0 fully saturated rings. The summed E-state index contributed by atoms with van der Waals surface area (Å²) in [5, 5.41) is 17.7. The zero-order valence-electron chi connectivity index (χ0n) is 18.8. The van der Waals surface area contributed by atoms with Gasteiger partial charge in [-0.15, -0.1) is 10.2 Å². The van der Waals surface area contributed by atoms with Crippen molar-refractivity contribution in [2.24, 2.45) is 4.99 Å². The van der Waals surface area contributed by atoms with E-state index in [4.69, 9.17) is 9.73 Å². The number of benzene rings is 2. The Morgan fingerprint density at radius 3 is 2.81 bits per heavy atom. The maximum atomic E-state index is 5.43. The molecule has 1 atom stereocenters. The molecule has 0 spiro atoms. The largest absolute Gasteiger partial charge is 0.382 e. The first-order valence-electron chi connectivity index (χ1n) is 11.2. The van der Waals surface area contributed by atoms with Gasteiger partial charge in [0.25, 0.3) is 0 Å². The first-order valence-corrected chi connectivity index (χ1v) is 11.2. The monoisotopic (exact) mass is 422 g/mol. The molecule has 0 aliphatic carbocycles. The second-order valence-electron chi connectivity index (χ2n) is 7.47. The van der Waals surface area contributed by atoms with E-state index in [2.05, 4.69) is 81.7 Å². The van der Waals surface area contributed by atoms with E-state index in [0.29, 0.717) is 6.54 Å². The summed E-state index contributed by atoms with van der Waals surface area (Å²) in [7, 11) is 0. The molecule has 2 aromatic carbocycles. The van der Waals surface area contributed by atoms with Gasteiger partial charge in [0, 0.05) is 39.3 Å². The predicted molar refractivity (Wildman–Crippen MR) is 126 cm³/mol. The molecule has 0 radical (unpaired) electrons. The van der Waals surface area contributed by atoms with Crippen molar-refractivity contribution in [3.05, 3.63) is 60.2 Å². The summed E-state index contributed by atoms with van der Waals surface area (Å²) >= 11 is 0. The van der Waals surface area contributed by atoms with Crippen LogP contribution in [-0.2, 0) is 17.7 Å². The molecule has 31 heavy (non-hydrogen) atoms. The van der Waals surface area contributed by atoms with Gasteiger partial charge in [0.1, 0.15) is 12.2 Å². The highest BCUT2D eigenvalue weighted by molar-refractivity contribution is 5.84. The van der Waals surface area contributed by atoms with Crippen LogP contribution in [0.2, 0.25) is 0 Å². The molecule has 1 heterocycles. The van der Waals surface area contributed by atoms with E-state index in [0.717, 1.165) is 50.9 Å². The van der Waals surface area contributed by atoms with Gasteiger partial charge >= 0.3 is 0 Å². The van der Waals surface area contributed by atoms with Crippen molar-refractivity contribution in [2.45, 2.75) is 46.2 Å². The van der Waals surface area contributed by atoms with Crippen LogP contribution in [0.25, 0.3) is 10.8 Å². The molecule has 3 aromatic rings. The molecule has 3 rings (SSSR count). The summed E-state index contributed by atoms with van der Waals surface area (Å²) in [5.41, 5.74) is 1.23. The topological polar surface area (TPSA) is 76.4 Å². The Kier molecular flexibility index (Phi) is 8.84. The van der Waals surface area contributed by atoms with Crippen molar-refractivity contribution < 1.29 is 4.74 Å². The summed E-state index contributed by atoms with van der Waals surface area (Å²) in [6.07, 6.45) is 3.55. The minimum atomic E-state index is 0.129. The van der Waals surface area contributed by atoms with E-state index >= 15 is 0 Å². The maximum Gasteiger partial charge on any atom is 0.191 e. The normalized spacial score (nSPS) is 12.8. The third-order valence-corrected chi connectivity index (χ3v) is 5.20. The fourth-order valence-corrected chi connectivity index (χ4v) is 3.45. The van der Waals surface area contributed by atoms with Crippen LogP contribution < -0.4 is 10.6 Å². The molecule has 0 aliphatic rings. The van der Waals surface area contributed by atoms with Gasteiger partial charge in [-0.3, -0.25) is 4.99 Å². The second-order valence-corrected chi connectivity index (χ2v) is 7.47. The number of fused-ring (bicyclic) bond motifs is 1. The van der Waals surface area contributed by atoms with Crippen LogP contribution in [0, 0.1) is 0 Å². The average Bonchev–Trinajstić information content (AvgIpc) is 3.25. The van der Waals surface area contributed by atoms with Crippen molar-refractivity contribution in [1.82, 2.24) is 25.4 Å². The van der Waals surface area contributed by atoms with Crippen molar-refractivity contribution in [3.63, 3.8) is 0 Å². The second kappa shape index (κ2) is 12.1. The van der Waals surface area contributed by atoms with Gasteiger partial charge in [0.15, 0.2) is 5.96 Å². The van der Waals surface area contributed by atoms with Gasteiger partial charge in [0.2, 0.25) is 0 Å². The highest BCUT2D eigenvalue weighted by atomic mass is 16.5. The zero-order valence-corrected chi connectivity index (χ0v) is 18.8. The Morgan fingerprint density at radius 1 is 1.16 bits per heavy atom. The number of nitrogens with one attached hydrogen (secondary N) is 2. The molecular weight excluding hydrogens is 388 g/mol. The van der Waals surface area contributed by atoms with Gasteiger partial charge in [-0.2, -0.15) is 0 Å².